The van der Waals surface area contributed by atoms with Crippen LogP contribution in [0.3, 0.4) is 0 Å². The van der Waals surface area contributed by atoms with Crippen molar-refractivity contribution in [3.63, 3.8) is 0 Å². The first-order chi connectivity index (χ1) is 11.5. The monoisotopic (exact) mass is 349 g/mol. The molecule has 1 aromatic carbocycles. The summed E-state index contributed by atoms with van der Waals surface area (Å²) in [5.41, 5.74) is 1.90. The Balaban J connectivity index is 2.20. The number of hydrogen-bond donors (Lipinski definition) is 2. The molecule has 0 radical (unpaired) electrons. The lowest BCUT2D eigenvalue weighted by molar-refractivity contribution is -0.140. The molecule has 0 aliphatic heterocycles. The van der Waals surface area contributed by atoms with Crippen LogP contribution in [0.15, 0.2) is 30.3 Å². The van der Waals surface area contributed by atoms with Gasteiger partial charge in [-0.1, -0.05) is 12.1 Å². The lowest BCUT2D eigenvalue weighted by Crippen LogP contribution is -2.43. The van der Waals surface area contributed by atoms with Crippen molar-refractivity contribution in [3.8, 4) is 16.9 Å². The van der Waals surface area contributed by atoms with Crippen molar-refractivity contribution in [3.05, 3.63) is 40.1 Å². The molecule has 0 saturated carbocycles. The van der Waals surface area contributed by atoms with Crippen molar-refractivity contribution in [2.75, 3.05) is 20.8 Å². The number of thiophene rings is 1. The van der Waals surface area contributed by atoms with Gasteiger partial charge in [0.05, 0.1) is 18.6 Å². The third-order valence-electron chi connectivity index (χ3n) is 3.48. The number of carboxylic acids is 1. The summed E-state index contributed by atoms with van der Waals surface area (Å²) >= 11 is 1.32. The second kappa shape index (κ2) is 7.94. The van der Waals surface area contributed by atoms with Crippen LogP contribution in [0.4, 0.5) is 0 Å². The number of carbonyl (C=O) groups excluding carboxylic acids is 1. The van der Waals surface area contributed by atoms with Crippen LogP contribution in [0.5, 0.6) is 5.75 Å². The zero-order chi connectivity index (χ0) is 17.7. The van der Waals surface area contributed by atoms with Crippen LogP contribution in [-0.4, -0.2) is 43.9 Å². The molecule has 24 heavy (non-hydrogen) atoms. The third-order valence-corrected chi connectivity index (χ3v) is 4.53. The van der Waals surface area contributed by atoms with Gasteiger partial charge in [-0.3, -0.25) is 4.79 Å². The molecule has 0 bridgehead atoms. The molecule has 6 nitrogen and oxygen atoms in total. The summed E-state index contributed by atoms with van der Waals surface area (Å²) in [6, 6.07) is 8.23. The molecule has 0 aliphatic rings. The van der Waals surface area contributed by atoms with Crippen molar-refractivity contribution < 1.29 is 24.2 Å². The van der Waals surface area contributed by atoms with Crippen molar-refractivity contribution in [2.45, 2.75) is 13.0 Å². The molecule has 0 spiro atoms. The highest BCUT2D eigenvalue weighted by molar-refractivity contribution is 7.14. The highest BCUT2D eigenvalue weighted by Gasteiger charge is 2.22. The largest absolute Gasteiger partial charge is 0.497 e. The minimum atomic E-state index is -1.13. The van der Waals surface area contributed by atoms with Gasteiger partial charge in [0.2, 0.25) is 0 Å². The molecular weight excluding hydrogens is 330 g/mol. The molecule has 2 rings (SSSR count). The van der Waals surface area contributed by atoms with E-state index < -0.39 is 17.9 Å². The maximum Gasteiger partial charge on any atom is 0.328 e. The number of aliphatic carboxylic acids is 1. The van der Waals surface area contributed by atoms with Gasteiger partial charge in [0, 0.05) is 12.0 Å². The van der Waals surface area contributed by atoms with E-state index in [2.05, 4.69) is 5.32 Å². The summed E-state index contributed by atoms with van der Waals surface area (Å²) in [5.74, 6) is -0.797. The fourth-order valence-corrected chi connectivity index (χ4v) is 3.17. The van der Waals surface area contributed by atoms with Gasteiger partial charge in [-0.2, -0.15) is 0 Å². The smallest absolute Gasteiger partial charge is 0.328 e. The first-order valence-corrected chi connectivity index (χ1v) is 8.05. The number of carbonyl (C=O) groups is 2. The molecule has 2 aromatic rings. The maximum atomic E-state index is 12.3. The van der Waals surface area contributed by atoms with E-state index in [1.54, 1.807) is 13.2 Å². The van der Waals surface area contributed by atoms with Crippen LogP contribution in [0.1, 0.15) is 14.5 Å². The van der Waals surface area contributed by atoms with Crippen LogP contribution in [-0.2, 0) is 9.53 Å². The molecule has 0 aliphatic carbocycles. The standard InChI is InChI=1S/C17H19NO5S/c1-10-13(11-4-6-12(23-3)7-5-11)8-15(24-10)16(19)18-14(9-22-2)17(20)21/h4-8,14H,9H2,1-3H3,(H,18,19)(H,20,21). The number of methoxy groups -OCH3 is 2. The molecule has 1 aromatic heterocycles. The van der Waals surface area contributed by atoms with Crippen LogP contribution in [0.2, 0.25) is 0 Å². The van der Waals surface area contributed by atoms with Gasteiger partial charge in [0.25, 0.3) is 5.91 Å². The van der Waals surface area contributed by atoms with Gasteiger partial charge in [0.15, 0.2) is 6.04 Å². The quantitative estimate of drug-likeness (QED) is 0.802. The summed E-state index contributed by atoms with van der Waals surface area (Å²) in [6.45, 7) is 1.83. The van der Waals surface area contributed by atoms with Crippen LogP contribution < -0.4 is 10.1 Å². The lowest BCUT2D eigenvalue weighted by Gasteiger charge is -2.12. The molecule has 2 N–H and O–H groups in total. The number of aryl methyl sites for hydroxylation is 1. The van der Waals surface area contributed by atoms with Gasteiger partial charge in [-0.05, 0) is 36.2 Å². The van der Waals surface area contributed by atoms with E-state index in [-0.39, 0.29) is 6.61 Å². The fourth-order valence-electron chi connectivity index (χ4n) is 2.22. The Hall–Kier alpha value is -2.38. The van der Waals surface area contributed by atoms with Crippen LogP contribution in [0, 0.1) is 6.92 Å². The summed E-state index contributed by atoms with van der Waals surface area (Å²) in [5, 5.41) is 11.6. The van der Waals surface area contributed by atoms with Crippen molar-refractivity contribution >= 4 is 23.2 Å². The Labute approximate surface area is 144 Å². The molecular formula is C17H19NO5S. The summed E-state index contributed by atoms with van der Waals surface area (Å²) < 4.78 is 9.96. The molecule has 0 fully saturated rings. The normalized spacial score (nSPS) is 11.8. The van der Waals surface area contributed by atoms with E-state index in [1.807, 2.05) is 31.2 Å². The van der Waals surface area contributed by atoms with E-state index in [4.69, 9.17) is 14.6 Å². The zero-order valence-corrected chi connectivity index (χ0v) is 14.5. The third kappa shape index (κ3) is 4.12. The number of amides is 1. The van der Waals surface area contributed by atoms with E-state index in [0.717, 1.165) is 21.8 Å². The number of ether oxygens (including phenoxy) is 2. The second-order valence-electron chi connectivity index (χ2n) is 5.13. The SMILES string of the molecule is COCC(NC(=O)c1cc(-c2ccc(OC)cc2)c(C)s1)C(=O)O. The van der Waals surface area contributed by atoms with E-state index in [1.165, 1.54) is 18.4 Å². The van der Waals surface area contributed by atoms with E-state index in [0.29, 0.717) is 4.88 Å². The van der Waals surface area contributed by atoms with E-state index >= 15 is 0 Å². The molecule has 0 saturated heterocycles. The average Bonchev–Trinajstić information content (AvgIpc) is 2.96. The average molecular weight is 349 g/mol. The first kappa shape index (κ1) is 18.0. The minimum absolute atomic E-state index is 0.0865. The van der Waals surface area contributed by atoms with Gasteiger partial charge >= 0.3 is 5.97 Å². The number of rotatable bonds is 7. The fraction of sp³-hybridized carbons (Fsp3) is 0.294. The predicted octanol–water partition coefficient (Wildman–Crippen LogP) is 2.56. The van der Waals surface area contributed by atoms with Crippen molar-refractivity contribution in [1.82, 2.24) is 5.32 Å². The Bertz CT molecular complexity index is 723. The summed E-state index contributed by atoms with van der Waals surface area (Å²) in [6.07, 6.45) is 0. The Morgan fingerprint density at radius 3 is 2.46 bits per heavy atom. The molecule has 1 heterocycles. The number of benzene rings is 1. The highest BCUT2D eigenvalue weighted by Crippen LogP contribution is 2.32. The second-order valence-corrected chi connectivity index (χ2v) is 6.38. The zero-order valence-electron chi connectivity index (χ0n) is 13.7. The molecule has 1 unspecified atom stereocenters. The molecule has 7 heteroatoms. The van der Waals surface area contributed by atoms with Crippen molar-refractivity contribution in [1.29, 1.82) is 0 Å². The van der Waals surface area contributed by atoms with Gasteiger partial charge in [-0.15, -0.1) is 11.3 Å². The van der Waals surface area contributed by atoms with Crippen molar-refractivity contribution in [2.24, 2.45) is 0 Å². The van der Waals surface area contributed by atoms with Crippen LogP contribution in [0.25, 0.3) is 11.1 Å². The Morgan fingerprint density at radius 1 is 1.25 bits per heavy atom. The summed E-state index contributed by atoms with van der Waals surface area (Å²) in [4.78, 5) is 24.8. The number of nitrogens with one attached hydrogen (secondary N) is 1. The van der Waals surface area contributed by atoms with E-state index in [9.17, 15) is 9.59 Å². The molecule has 128 valence electrons. The predicted molar refractivity (Wildman–Crippen MR) is 91.8 cm³/mol. The lowest BCUT2D eigenvalue weighted by atomic mass is 10.1. The van der Waals surface area contributed by atoms with Gasteiger partial charge in [-0.25, -0.2) is 4.79 Å². The number of carboxylic acid groups (broad SMARTS) is 1. The minimum Gasteiger partial charge on any atom is -0.497 e. The maximum absolute atomic E-state index is 12.3. The first-order valence-electron chi connectivity index (χ1n) is 7.23. The Kier molecular flexibility index (Phi) is 5.94. The van der Waals surface area contributed by atoms with Gasteiger partial charge in [0.1, 0.15) is 5.75 Å². The van der Waals surface area contributed by atoms with Gasteiger partial charge < -0.3 is 19.9 Å². The topological polar surface area (TPSA) is 84.9 Å². The number of hydrogen-bond acceptors (Lipinski definition) is 5. The molecule has 1 amide bonds. The highest BCUT2D eigenvalue weighted by atomic mass is 32.1. The molecule has 1 atom stereocenters. The summed E-state index contributed by atoms with van der Waals surface area (Å²) in [7, 11) is 2.99. The Morgan fingerprint density at radius 2 is 1.92 bits per heavy atom. The van der Waals surface area contributed by atoms with Crippen LogP contribution >= 0.6 is 11.3 Å².